The molecular weight excluding hydrogens is 292 g/mol. The number of amides is 1. The quantitative estimate of drug-likeness (QED) is 0.853. The monoisotopic (exact) mass is 318 g/mol. The molecule has 0 unspecified atom stereocenters. The van der Waals surface area contributed by atoms with Crippen LogP contribution in [0.5, 0.6) is 0 Å². The van der Waals surface area contributed by atoms with Crippen LogP contribution in [0.4, 0.5) is 0 Å². The van der Waals surface area contributed by atoms with E-state index in [2.05, 4.69) is 24.1 Å². The Kier molecular flexibility index (Phi) is 5.44. The smallest absolute Gasteiger partial charge is 0.287 e. The molecule has 0 saturated heterocycles. The third kappa shape index (κ3) is 4.33. The lowest BCUT2D eigenvalue weighted by molar-refractivity contribution is 0.0897. The van der Waals surface area contributed by atoms with E-state index in [1.54, 1.807) is 7.11 Å². The highest BCUT2D eigenvalue weighted by atomic mass is 16.5. The number of hydrogen-bond acceptors (Lipinski definition) is 4. The van der Waals surface area contributed by atoms with Crippen molar-refractivity contribution in [2.24, 2.45) is 5.41 Å². The molecule has 0 bridgehead atoms. The van der Waals surface area contributed by atoms with Crippen molar-refractivity contribution in [1.29, 1.82) is 0 Å². The zero-order valence-electron chi connectivity index (χ0n) is 14.6. The highest BCUT2D eigenvalue weighted by molar-refractivity contribution is 5.99. The van der Waals surface area contributed by atoms with Crippen LogP contribution >= 0.6 is 0 Å². The Balaban J connectivity index is 2.19. The minimum absolute atomic E-state index is 0.0212. The van der Waals surface area contributed by atoms with Crippen LogP contribution in [0.25, 0.3) is 11.0 Å². The van der Waals surface area contributed by atoms with E-state index in [-0.39, 0.29) is 11.3 Å². The minimum Gasteiger partial charge on any atom is -0.451 e. The van der Waals surface area contributed by atoms with Gasteiger partial charge in [0.2, 0.25) is 0 Å². The van der Waals surface area contributed by atoms with Crippen LogP contribution in [0.15, 0.2) is 28.7 Å². The predicted octanol–water partition coefficient (Wildman–Crippen LogP) is 2.90. The van der Waals surface area contributed by atoms with Gasteiger partial charge in [0.15, 0.2) is 5.76 Å². The van der Waals surface area contributed by atoms with Crippen molar-refractivity contribution in [3.63, 3.8) is 0 Å². The first kappa shape index (κ1) is 17.5. The van der Waals surface area contributed by atoms with Crippen LogP contribution < -0.4 is 5.32 Å². The number of para-hydroxylation sites is 1. The molecule has 0 saturated carbocycles. The highest BCUT2D eigenvalue weighted by Gasteiger charge is 2.24. The van der Waals surface area contributed by atoms with Gasteiger partial charge in [0.1, 0.15) is 5.58 Å². The van der Waals surface area contributed by atoms with Gasteiger partial charge in [-0.25, -0.2) is 0 Å². The summed E-state index contributed by atoms with van der Waals surface area (Å²) >= 11 is 0. The van der Waals surface area contributed by atoms with E-state index in [4.69, 9.17) is 9.15 Å². The Morgan fingerprint density at radius 2 is 2.00 bits per heavy atom. The summed E-state index contributed by atoms with van der Waals surface area (Å²) in [6.07, 6.45) is 0. The largest absolute Gasteiger partial charge is 0.451 e. The van der Waals surface area contributed by atoms with Crippen LogP contribution in [0, 0.1) is 5.41 Å². The Bertz CT molecular complexity index is 674. The second-order valence-corrected chi connectivity index (χ2v) is 6.92. The van der Waals surface area contributed by atoms with E-state index in [0.29, 0.717) is 24.5 Å². The summed E-state index contributed by atoms with van der Waals surface area (Å²) in [5.41, 5.74) is 1.48. The maximum atomic E-state index is 12.6. The second kappa shape index (κ2) is 7.15. The topological polar surface area (TPSA) is 54.7 Å². The number of fused-ring (bicyclic) bond motifs is 1. The third-order valence-electron chi connectivity index (χ3n) is 3.66. The Labute approximate surface area is 137 Å². The number of carbonyl (C=O) groups is 1. The molecule has 5 nitrogen and oxygen atoms in total. The minimum atomic E-state index is -0.194. The van der Waals surface area contributed by atoms with Crippen molar-refractivity contribution in [1.82, 2.24) is 10.2 Å². The van der Waals surface area contributed by atoms with Crippen LogP contribution in [0.3, 0.4) is 0 Å². The summed E-state index contributed by atoms with van der Waals surface area (Å²) < 4.78 is 11.0. The van der Waals surface area contributed by atoms with Crippen molar-refractivity contribution < 1.29 is 13.9 Å². The third-order valence-corrected chi connectivity index (χ3v) is 3.66. The summed E-state index contributed by atoms with van der Waals surface area (Å²) in [5, 5.41) is 3.91. The van der Waals surface area contributed by atoms with Gasteiger partial charge in [0, 0.05) is 31.1 Å². The van der Waals surface area contributed by atoms with E-state index in [1.807, 2.05) is 38.4 Å². The number of hydrogen-bond donors (Lipinski definition) is 1. The summed E-state index contributed by atoms with van der Waals surface area (Å²) in [4.78, 5) is 14.7. The van der Waals surface area contributed by atoms with E-state index in [0.717, 1.165) is 17.5 Å². The van der Waals surface area contributed by atoms with E-state index >= 15 is 0 Å². The lowest BCUT2D eigenvalue weighted by Crippen LogP contribution is -2.40. The first-order valence-corrected chi connectivity index (χ1v) is 7.76. The van der Waals surface area contributed by atoms with Gasteiger partial charge in [-0.1, -0.05) is 32.0 Å². The lowest BCUT2D eigenvalue weighted by Gasteiger charge is -2.28. The SMILES string of the molecule is COCc1c(C(=O)NCC(C)(C)CN(C)C)oc2ccccc12. The van der Waals surface area contributed by atoms with Gasteiger partial charge in [-0.2, -0.15) is 0 Å². The molecule has 0 fully saturated rings. The molecule has 0 aliphatic heterocycles. The molecule has 1 amide bonds. The van der Waals surface area contributed by atoms with Crippen LogP contribution in [-0.2, 0) is 11.3 Å². The van der Waals surface area contributed by atoms with Crippen LogP contribution in [-0.4, -0.2) is 45.1 Å². The molecule has 1 N–H and O–H groups in total. The molecule has 1 aromatic heterocycles. The zero-order chi connectivity index (χ0) is 17.0. The average molecular weight is 318 g/mol. The van der Waals surface area contributed by atoms with Gasteiger partial charge in [-0.05, 0) is 25.6 Å². The van der Waals surface area contributed by atoms with Gasteiger partial charge < -0.3 is 19.4 Å². The fraction of sp³-hybridized carbons (Fsp3) is 0.500. The average Bonchev–Trinajstić information content (AvgIpc) is 2.83. The van der Waals surface area contributed by atoms with Gasteiger partial charge in [-0.3, -0.25) is 4.79 Å². The first-order valence-electron chi connectivity index (χ1n) is 7.76. The van der Waals surface area contributed by atoms with E-state index in [9.17, 15) is 4.79 Å². The summed E-state index contributed by atoms with van der Waals surface area (Å²) in [6.45, 7) is 6.07. The summed E-state index contributed by atoms with van der Waals surface area (Å²) in [5.74, 6) is 0.147. The number of nitrogens with one attached hydrogen (secondary N) is 1. The maximum absolute atomic E-state index is 12.6. The van der Waals surface area contributed by atoms with Gasteiger partial charge in [0.25, 0.3) is 5.91 Å². The number of benzene rings is 1. The number of furan rings is 1. The summed E-state index contributed by atoms with van der Waals surface area (Å²) in [7, 11) is 5.67. The molecule has 0 spiro atoms. The second-order valence-electron chi connectivity index (χ2n) is 6.92. The van der Waals surface area contributed by atoms with Crippen molar-refractivity contribution in [2.75, 3.05) is 34.3 Å². The maximum Gasteiger partial charge on any atom is 0.287 e. The van der Waals surface area contributed by atoms with Crippen molar-refractivity contribution in [3.05, 3.63) is 35.6 Å². The Morgan fingerprint density at radius 3 is 2.65 bits per heavy atom. The van der Waals surface area contributed by atoms with Gasteiger partial charge in [-0.15, -0.1) is 0 Å². The van der Waals surface area contributed by atoms with Crippen LogP contribution in [0.2, 0.25) is 0 Å². The van der Waals surface area contributed by atoms with Gasteiger partial charge in [0.05, 0.1) is 6.61 Å². The van der Waals surface area contributed by atoms with Gasteiger partial charge >= 0.3 is 0 Å². The number of ether oxygens (including phenoxy) is 1. The number of rotatable bonds is 7. The molecule has 0 radical (unpaired) electrons. The van der Waals surface area contributed by atoms with E-state index < -0.39 is 0 Å². The normalized spacial score (nSPS) is 12.1. The Morgan fingerprint density at radius 1 is 1.30 bits per heavy atom. The Hall–Kier alpha value is -1.85. The van der Waals surface area contributed by atoms with Crippen molar-refractivity contribution in [3.8, 4) is 0 Å². The predicted molar refractivity (Wildman–Crippen MR) is 91.6 cm³/mol. The van der Waals surface area contributed by atoms with Crippen molar-refractivity contribution >= 4 is 16.9 Å². The molecule has 2 aromatic rings. The molecule has 1 heterocycles. The molecule has 1 aromatic carbocycles. The number of methoxy groups -OCH3 is 1. The molecule has 2 rings (SSSR count). The number of nitrogens with zero attached hydrogens (tertiary/aromatic N) is 1. The number of carbonyl (C=O) groups excluding carboxylic acids is 1. The van der Waals surface area contributed by atoms with Crippen molar-refractivity contribution in [2.45, 2.75) is 20.5 Å². The zero-order valence-corrected chi connectivity index (χ0v) is 14.6. The molecule has 126 valence electrons. The fourth-order valence-electron chi connectivity index (χ4n) is 2.88. The molecule has 0 aliphatic carbocycles. The highest BCUT2D eigenvalue weighted by Crippen LogP contribution is 2.26. The molecule has 5 heteroatoms. The summed E-state index contributed by atoms with van der Waals surface area (Å²) in [6, 6.07) is 7.63. The standard InChI is InChI=1S/C18H26N2O3/c1-18(2,12-20(3)4)11-19-17(21)16-14(10-22-5)13-8-6-7-9-15(13)23-16/h6-9H,10-12H2,1-5H3,(H,19,21). The van der Waals surface area contributed by atoms with Crippen LogP contribution in [0.1, 0.15) is 30.0 Å². The molecular formula is C18H26N2O3. The first-order chi connectivity index (χ1) is 10.8. The molecule has 0 aliphatic rings. The molecule has 23 heavy (non-hydrogen) atoms. The fourth-order valence-corrected chi connectivity index (χ4v) is 2.88. The lowest BCUT2D eigenvalue weighted by atomic mass is 9.93. The van der Waals surface area contributed by atoms with E-state index in [1.165, 1.54) is 0 Å². The molecule has 0 atom stereocenters.